The second-order valence-electron chi connectivity index (χ2n) is 16.7. The second-order valence-corrected chi connectivity index (χ2v) is 17.1. The fourth-order valence-electron chi connectivity index (χ4n) is 6.85. The van der Waals surface area contributed by atoms with Crippen LogP contribution in [0.1, 0.15) is 89.6 Å². The number of benzene rings is 2. The number of likely N-dealkylation sites (N-methyl/N-ethyl adjacent to an activating group) is 1. The standard InChI is InChI=1S/C43H63ClN4O9/c1-29(47(8)41(52)57-43(5,6)7)38(49)46-37(42(2,3)4)40(51)48-28-32-26-33(56-25-24-55-23-22-54-21-20-53-19-18-44)17-16-31(32)27-36(48)39(50)45-35-15-11-13-30-12-9-10-14-34(30)35/h9-10,12,14,16-17,26,29,35-37H,11,13,15,18-25,27-28H2,1-8H3,(H,45,50)(H,46,49)/t29-,35-,36-,37+/m0/s1. The molecule has 0 radical (unpaired) electrons. The maximum absolute atomic E-state index is 14.8. The minimum atomic E-state index is -1.02. The van der Waals surface area contributed by atoms with Crippen molar-refractivity contribution in [3.63, 3.8) is 0 Å². The second kappa shape index (κ2) is 21.2. The molecule has 2 aliphatic rings. The van der Waals surface area contributed by atoms with Crippen molar-refractivity contribution in [1.29, 1.82) is 0 Å². The van der Waals surface area contributed by atoms with Gasteiger partial charge in [0.1, 0.15) is 36.1 Å². The summed E-state index contributed by atoms with van der Waals surface area (Å²) in [5, 5.41) is 6.22. The van der Waals surface area contributed by atoms with Crippen LogP contribution in [0.4, 0.5) is 4.79 Å². The van der Waals surface area contributed by atoms with E-state index in [9.17, 15) is 19.2 Å². The number of ether oxygens (including phenoxy) is 5. The molecule has 2 aromatic carbocycles. The van der Waals surface area contributed by atoms with Gasteiger partial charge in [-0.3, -0.25) is 19.3 Å². The molecule has 0 unspecified atom stereocenters. The van der Waals surface area contributed by atoms with Crippen LogP contribution in [0.25, 0.3) is 0 Å². The Morgan fingerprint density at radius 1 is 0.877 bits per heavy atom. The van der Waals surface area contributed by atoms with E-state index < -0.39 is 47.0 Å². The van der Waals surface area contributed by atoms with Crippen LogP contribution in [0.5, 0.6) is 5.75 Å². The smallest absolute Gasteiger partial charge is 0.410 e. The van der Waals surface area contributed by atoms with Crippen molar-refractivity contribution >= 4 is 35.4 Å². The lowest BCUT2D eigenvalue weighted by Crippen LogP contribution is -2.62. The van der Waals surface area contributed by atoms with E-state index >= 15 is 0 Å². The quantitative estimate of drug-likeness (QED) is 0.146. The van der Waals surface area contributed by atoms with Crippen molar-refractivity contribution in [3.05, 3.63) is 64.7 Å². The first-order chi connectivity index (χ1) is 27.0. The minimum Gasteiger partial charge on any atom is -0.491 e. The number of aryl methyl sites for hydroxylation is 1. The fourth-order valence-corrected chi connectivity index (χ4v) is 6.96. The van der Waals surface area contributed by atoms with E-state index in [1.54, 1.807) is 32.6 Å². The van der Waals surface area contributed by atoms with E-state index in [0.29, 0.717) is 57.9 Å². The van der Waals surface area contributed by atoms with E-state index in [4.69, 9.17) is 35.3 Å². The molecule has 4 rings (SSSR count). The van der Waals surface area contributed by atoms with Gasteiger partial charge in [-0.15, -0.1) is 11.6 Å². The maximum Gasteiger partial charge on any atom is 0.410 e. The third-order valence-corrected chi connectivity index (χ3v) is 10.2. The third-order valence-electron chi connectivity index (χ3n) is 10.1. The molecule has 2 aromatic rings. The number of carbonyl (C=O) groups excluding carboxylic acids is 4. The zero-order valence-corrected chi connectivity index (χ0v) is 35.7. The van der Waals surface area contributed by atoms with Crippen molar-refractivity contribution < 1.29 is 42.9 Å². The van der Waals surface area contributed by atoms with Gasteiger partial charge in [-0.05, 0) is 86.8 Å². The van der Waals surface area contributed by atoms with E-state index in [-0.39, 0.29) is 24.9 Å². The minimum absolute atomic E-state index is 0.128. The number of hydrogen-bond acceptors (Lipinski definition) is 9. The molecule has 0 saturated carbocycles. The largest absolute Gasteiger partial charge is 0.491 e. The lowest BCUT2D eigenvalue weighted by molar-refractivity contribution is -0.147. The van der Waals surface area contributed by atoms with Crippen LogP contribution in [0.3, 0.4) is 0 Å². The molecule has 0 saturated heterocycles. The Kier molecular flexibility index (Phi) is 17.0. The Hall–Kier alpha value is -3.91. The van der Waals surface area contributed by atoms with Gasteiger partial charge in [0.25, 0.3) is 0 Å². The molecular weight excluding hydrogens is 752 g/mol. The number of rotatable bonds is 18. The predicted molar refractivity (Wildman–Crippen MR) is 218 cm³/mol. The topological polar surface area (TPSA) is 145 Å². The first-order valence-corrected chi connectivity index (χ1v) is 20.5. The molecule has 57 heavy (non-hydrogen) atoms. The van der Waals surface area contributed by atoms with Gasteiger partial charge < -0.3 is 39.2 Å². The molecule has 0 spiro atoms. The van der Waals surface area contributed by atoms with Crippen LogP contribution < -0.4 is 15.4 Å². The Bertz CT molecular complexity index is 1660. The number of carbonyl (C=O) groups is 4. The highest BCUT2D eigenvalue weighted by Gasteiger charge is 2.43. The monoisotopic (exact) mass is 814 g/mol. The molecule has 0 aromatic heterocycles. The summed E-state index contributed by atoms with van der Waals surface area (Å²) in [5.74, 6) is -0.109. The first-order valence-electron chi connectivity index (χ1n) is 20.0. The zero-order valence-electron chi connectivity index (χ0n) is 35.0. The number of fused-ring (bicyclic) bond motifs is 2. The summed E-state index contributed by atoms with van der Waals surface area (Å²) in [6.45, 7) is 15.5. The summed E-state index contributed by atoms with van der Waals surface area (Å²) in [5.41, 5.74) is 2.58. The van der Waals surface area contributed by atoms with Gasteiger partial charge in [0.2, 0.25) is 17.7 Å². The van der Waals surface area contributed by atoms with Crippen LogP contribution in [-0.4, -0.2) is 117 Å². The fraction of sp³-hybridized carbons (Fsp3) is 0.628. The summed E-state index contributed by atoms with van der Waals surface area (Å²) >= 11 is 5.60. The summed E-state index contributed by atoms with van der Waals surface area (Å²) < 4.78 is 27.9. The summed E-state index contributed by atoms with van der Waals surface area (Å²) in [6, 6.07) is 10.9. The van der Waals surface area contributed by atoms with Gasteiger partial charge in [-0.1, -0.05) is 51.1 Å². The van der Waals surface area contributed by atoms with Crippen LogP contribution in [-0.2, 0) is 52.7 Å². The Morgan fingerprint density at radius 2 is 1.53 bits per heavy atom. The van der Waals surface area contributed by atoms with E-state index in [1.807, 2.05) is 51.1 Å². The van der Waals surface area contributed by atoms with Crippen molar-refractivity contribution in [2.45, 2.75) is 110 Å². The highest BCUT2D eigenvalue weighted by molar-refractivity contribution is 6.17. The average Bonchev–Trinajstić information content (AvgIpc) is 3.16. The maximum atomic E-state index is 14.8. The molecular formula is C43H63ClN4O9. The van der Waals surface area contributed by atoms with E-state index in [0.717, 1.165) is 36.0 Å². The van der Waals surface area contributed by atoms with Crippen molar-refractivity contribution in [3.8, 4) is 5.75 Å². The molecule has 14 heteroatoms. The Labute approximate surface area is 343 Å². The van der Waals surface area contributed by atoms with Crippen LogP contribution in [0, 0.1) is 5.41 Å². The van der Waals surface area contributed by atoms with Crippen LogP contribution >= 0.6 is 11.6 Å². The van der Waals surface area contributed by atoms with Gasteiger partial charge in [0.05, 0.1) is 45.7 Å². The lowest BCUT2D eigenvalue weighted by atomic mass is 9.83. The van der Waals surface area contributed by atoms with Crippen LogP contribution in [0.15, 0.2) is 42.5 Å². The summed E-state index contributed by atoms with van der Waals surface area (Å²) in [6.07, 6.45) is 2.32. The van der Waals surface area contributed by atoms with Gasteiger partial charge in [0, 0.05) is 25.9 Å². The Balaban J connectivity index is 1.51. The average molecular weight is 815 g/mol. The molecule has 0 fully saturated rings. The number of nitrogens with zero attached hydrogens (tertiary/aromatic N) is 2. The molecule has 2 N–H and O–H groups in total. The molecule has 0 bridgehead atoms. The lowest BCUT2D eigenvalue weighted by Gasteiger charge is -2.42. The molecule has 1 aliphatic heterocycles. The molecule has 4 atom stereocenters. The van der Waals surface area contributed by atoms with Crippen LogP contribution in [0.2, 0.25) is 0 Å². The molecule has 4 amide bonds. The van der Waals surface area contributed by atoms with Gasteiger partial charge in [0.15, 0.2) is 0 Å². The normalized spacial score (nSPS) is 17.7. The van der Waals surface area contributed by atoms with E-state index in [1.165, 1.54) is 17.5 Å². The van der Waals surface area contributed by atoms with Crippen molar-refractivity contribution in [1.82, 2.24) is 20.4 Å². The predicted octanol–water partition coefficient (Wildman–Crippen LogP) is 5.59. The van der Waals surface area contributed by atoms with E-state index in [2.05, 4.69) is 22.8 Å². The number of hydrogen-bond donors (Lipinski definition) is 2. The van der Waals surface area contributed by atoms with Gasteiger partial charge in [-0.2, -0.15) is 0 Å². The number of alkyl halides is 1. The summed E-state index contributed by atoms with van der Waals surface area (Å²) in [4.78, 5) is 58.5. The third kappa shape index (κ3) is 13.6. The number of nitrogens with one attached hydrogen (secondary N) is 2. The molecule has 1 aliphatic carbocycles. The SMILES string of the molecule is C[C@@H](C(=O)N[C@H](C(=O)N1Cc2cc(OCCOCCOCCOCCCl)ccc2C[C@H]1C(=O)N[C@H]1CCCc2ccccc21)C(C)(C)C)N(C)C(=O)OC(C)(C)C. The number of halogens is 1. The Morgan fingerprint density at radius 3 is 2.18 bits per heavy atom. The highest BCUT2D eigenvalue weighted by atomic mass is 35.5. The molecule has 13 nitrogen and oxygen atoms in total. The van der Waals surface area contributed by atoms with Gasteiger partial charge >= 0.3 is 6.09 Å². The van der Waals surface area contributed by atoms with Crippen molar-refractivity contribution in [2.24, 2.45) is 5.41 Å². The number of amides is 4. The van der Waals surface area contributed by atoms with Gasteiger partial charge in [-0.25, -0.2) is 4.79 Å². The highest BCUT2D eigenvalue weighted by Crippen LogP contribution is 2.33. The summed E-state index contributed by atoms with van der Waals surface area (Å²) in [7, 11) is 1.49. The first kappa shape index (κ1) is 45.8. The van der Waals surface area contributed by atoms with Crippen molar-refractivity contribution in [2.75, 3.05) is 59.2 Å². The zero-order chi connectivity index (χ0) is 41.8. The molecule has 1 heterocycles. The molecule has 316 valence electrons.